The summed E-state index contributed by atoms with van der Waals surface area (Å²) in [5.74, 6) is 0.973. The van der Waals surface area contributed by atoms with Gasteiger partial charge in [0.15, 0.2) is 0 Å². The van der Waals surface area contributed by atoms with Crippen molar-refractivity contribution in [2.45, 2.75) is 12.8 Å². The van der Waals surface area contributed by atoms with E-state index in [1.165, 1.54) is 18.4 Å². The van der Waals surface area contributed by atoms with Crippen LogP contribution in [-0.4, -0.2) is 13.2 Å². The fraction of sp³-hybridized carbons (Fsp3) is 0.667. The maximum atomic E-state index is 5.31. The average molecular weight is 126 g/mol. The zero-order valence-corrected chi connectivity index (χ0v) is 5.24. The number of hydrogen-bond acceptors (Lipinski definition) is 3. The maximum Gasteiger partial charge on any atom is 0.201 e. The summed E-state index contributed by atoms with van der Waals surface area (Å²) in [5.41, 5.74) is 7.37. The van der Waals surface area contributed by atoms with Crippen molar-refractivity contribution < 1.29 is 4.74 Å². The summed E-state index contributed by atoms with van der Waals surface area (Å²) in [7, 11) is 0. The molecule has 3 heteroatoms. The lowest BCUT2D eigenvalue weighted by atomic mass is 10.1. The smallest absolute Gasteiger partial charge is 0.201 e. The van der Waals surface area contributed by atoms with Crippen LogP contribution < -0.4 is 10.9 Å². The molecular weight excluding hydrogens is 116 g/mol. The van der Waals surface area contributed by atoms with Crippen LogP contribution in [0.3, 0.4) is 0 Å². The topological polar surface area (TPSA) is 33.3 Å². The molecule has 0 aromatic rings. The molecule has 2 rings (SSSR count). The molecule has 9 heavy (non-hydrogen) atoms. The Kier molecular flexibility index (Phi) is 1.09. The third-order valence-electron chi connectivity index (χ3n) is 1.69. The number of hydrazine groups is 1. The van der Waals surface area contributed by atoms with Crippen molar-refractivity contribution in [1.82, 2.24) is 10.9 Å². The van der Waals surface area contributed by atoms with Crippen molar-refractivity contribution in [3.05, 3.63) is 11.5 Å². The minimum Gasteiger partial charge on any atom is -0.478 e. The van der Waals surface area contributed by atoms with E-state index in [1.807, 2.05) is 0 Å². The average Bonchev–Trinajstić information content (AvgIpc) is 2.33. The van der Waals surface area contributed by atoms with E-state index in [-0.39, 0.29) is 0 Å². The minimum absolute atomic E-state index is 0.869. The molecule has 0 radical (unpaired) electrons. The third kappa shape index (κ3) is 0.772. The largest absolute Gasteiger partial charge is 0.478 e. The highest BCUT2D eigenvalue weighted by Crippen LogP contribution is 2.18. The van der Waals surface area contributed by atoms with E-state index >= 15 is 0 Å². The summed E-state index contributed by atoms with van der Waals surface area (Å²) in [6.45, 7) is 1.82. The van der Waals surface area contributed by atoms with Crippen LogP contribution in [0.2, 0.25) is 0 Å². The molecule has 0 spiro atoms. The zero-order chi connectivity index (χ0) is 6.10. The Morgan fingerprint density at radius 1 is 1.44 bits per heavy atom. The first-order chi connectivity index (χ1) is 4.47. The zero-order valence-electron chi connectivity index (χ0n) is 5.24. The highest BCUT2D eigenvalue weighted by atomic mass is 16.5. The molecule has 2 aliphatic heterocycles. The van der Waals surface area contributed by atoms with Gasteiger partial charge in [-0.2, -0.15) is 0 Å². The first-order valence-electron chi connectivity index (χ1n) is 3.30. The Bertz CT molecular complexity index is 137. The van der Waals surface area contributed by atoms with Crippen molar-refractivity contribution in [2.75, 3.05) is 13.2 Å². The summed E-state index contributed by atoms with van der Waals surface area (Å²) in [6.07, 6.45) is 2.36. The van der Waals surface area contributed by atoms with Crippen molar-refractivity contribution in [3.63, 3.8) is 0 Å². The van der Waals surface area contributed by atoms with Gasteiger partial charge in [0.2, 0.25) is 5.88 Å². The van der Waals surface area contributed by atoms with Gasteiger partial charge in [0.05, 0.1) is 6.61 Å². The molecule has 2 N–H and O–H groups in total. The molecule has 0 unspecified atom stereocenters. The van der Waals surface area contributed by atoms with Gasteiger partial charge in [-0.1, -0.05) is 0 Å². The summed E-state index contributed by atoms with van der Waals surface area (Å²) >= 11 is 0. The molecule has 0 aliphatic carbocycles. The second kappa shape index (κ2) is 1.92. The lowest BCUT2D eigenvalue weighted by Crippen LogP contribution is -2.24. The van der Waals surface area contributed by atoms with Crippen LogP contribution in [0.15, 0.2) is 11.5 Å². The Hall–Kier alpha value is -0.700. The van der Waals surface area contributed by atoms with Gasteiger partial charge in [0.1, 0.15) is 0 Å². The van der Waals surface area contributed by atoms with Gasteiger partial charge in [-0.05, 0) is 12.8 Å². The molecule has 2 aliphatic rings. The van der Waals surface area contributed by atoms with Crippen LogP contribution in [0.4, 0.5) is 0 Å². The van der Waals surface area contributed by atoms with Gasteiger partial charge in [-0.25, -0.2) is 5.43 Å². The van der Waals surface area contributed by atoms with Gasteiger partial charge in [0.25, 0.3) is 0 Å². The van der Waals surface area contributed by atoms with Crippen LogP contribution in [-0.2, 0) is 4.74 Å². The second-order valence-corrected chi connectivity index (χ2v) is 2.36. The van der Waals surface area contributed by atoms with Crippen molar-refractivity contribution >= 4 is 0 Å². The van der Waals surface area contributed by atoms with Crippen LogP contribution in [0.25, 0.3) is 0 Å². The number of nitrogens with one attached hydrogen (secondary N) is 2. The fourth-order valence-corrected chi connectivity index (χ4v) is 1.20. The van der Waals surface area contributed by atoms with E-state index in [0.29, 0.717) is 0 Å². The molecule has 2 heterocycles. The number of ether oxygens (including phenoxy) is 1. The van der Waals surface area contributed by atoms with E-state index < -0.39 is 0 Å². The second-order valence-electron chi connectivity index (χ2n) is 2.36. The highest BCUT2D eigenvalue weighted by Gasteiger charge is 2.17. The van der Waals surface area contributed by atoms with Crippen LogP contribution in [0.5, 0.6) is 0 Å². The summed E-state index contributed by atoms with van der Waals surface area (Å²) in [5, 5.41) is 0. The fourth-order valence-electron chi connectivity index (χ4n) is 1.20. The standard InChI is InChI=1S/C6H10N2O/c1-2-5-4-7-8-6(5)9-3-1/h7-8H,1-4H2. The normalized spacial score (nSPS) is 24.9. The van der Waals surface area contributed by atoms with Crippen molar-refractivity contribution in [2.24, 2.45) is 0 Å². The third-order valence-corrected chi connectivity index (χ3v) is 1.69. The molecule has 0 saturated heterocycles. The lowest BCUT2D eigenvalue weighted by Gasteiger charge is -2.13. The maximum absolute atomic E-state index is 5.31. The minimum atomic E-state index is 0.869. The van der Waals surface area contributed by atoms with Crippen LogP contribution in [0.1, 0.15) is 12.8 Å². The van der Waals surface area contributed by atoms with E-state index in [1.54, 1.807) is 0 Å². The molecule has 0 atom stereocenters. The predicted molar refractivity (Wildman–Crippen MR) is 33.4 cm³/mol. The Morgan fingerprint density at radius 2 is 2.44 bits per heavy atom. The van der Waals surface area contributed by atoms with Crippen LogP contribution >= 0.6 is 0 Å². The first-order valence-corrected chi connectivity index (χ1v) is 3.30. The Labute approximate surface area is 54.0 Å². The quantitative estimate of drug-likeness (QED) is 0.483. The van der Waals surface area contributed by atoms with E-state index in [0.717, 1.165) is 19.0 Å². The van der Waals surface area contributed by atoms with Gasteiger partial charge in [-0.15, -0.1) is 0 Å². The SMILES string of the molecule is C1COC2=C(C1)CNN2. The molecule has 0 saturated carbocycles. The van der Waals surface area contributed by atoms with E-state index in [2.05, 4.69) is 10.9 Å². The summed E-state index contributed by atoms with van der Waals surface area (Å²) in [6, 6.07) is 0. The van der Waals surface area contributed by atoms with Gasteiger partial charge < -0.3 is 4.74 Å². The Morgan fingerprint density at radius 3 is 3.33 bits per heavy atom. The molecule has 0 aromatic carbocycles. The number of hydrogen-bond donors (Lipinski definition) is 2. The van der Waals surface area contributed by atoms with Gasteiger partial charge in [0, 0.05) is 12.1 Å². The molecule has 0 aromatic heterocycles. The van der Waals surface area contributed by atoms with Gasteiger partial charge in [-0.3, -0.25) is 5.43 Å². The number of rotatable bonds is 0. The monoisotopic (exact) mass is 126 g/mol. The van der Waals surface area contributed by atoms with Gasteiger partial charge >= 0.3 is 0 Å². The first kappa shape index (κ1) is 5.11. The Balaban J connectivity index is 2.17. The molecule has 3 nitrogen and oxygen atoms in total. The van der Waals surface area contributed by atoms with Crippen LogP contribution in [0, 0.1) is 0 Å². The van der Waals surface area contributed by atoms with E-state index in [4.69, 9.17) is 4.74 Å². The molecule has 0 amide bonds. The van der Waals surface area contributed by atoms with E-state index in [9.17, 15) is 0 Å². The molecular formula is C6H10N2O. The summed E-state index contributed by atoms with van der Waals surface area (Å²) in [4.78, 5) is 0. The molecule has 50 valence electrons. The summed E-state index contributed by atoms with van der Waals surface area (Å²) < 4.78 is 5.31. The van der Waals surface area contributed by atoms with Crippen molar-refractivity contribution in [3.8, 4) is 0 Å². The van der Waals surface area contributed by atoms with Crippen molar-refractivity contribution in [1.29, 1.82) is 0 Å². The lowest BCUT2D eigenvalue weighted by molar-refractivity contribution is 0.172. The molecule has 0 fully saturated rings. The highest BCUT2D eigenvalue weighted by molar-refractivity contribution is 5.14. The predicted octanol–water partition coefficient (Wildman–Crippen LogP) is 0.116. The molecule has 0 bridgehead atoms.